The predicted molar refractivity (Wildman–Crippen MR) is 236 cm³/mol. The van der Waals surface area contributed by atoms with Crippen LogP contribution in [0.1, 0.15) is 55.8 Å². The second-order valence-electron chi connectivity index (χ2n) is 15.5. The molecular weight excluding hydrogens is 895 g/mol. The summed E-state index contributed by atoms with van der Waals surface area (Å²) in [4.78, 5) is 146. The van der Waals surface area contributed by atoms with E-state index in [4.69, 9.17) is 11.5 Å². The number of carboxylic acids is 3. The van der Waals surface area contributed by atoms with E-state index in [0.717, 1.165) is 0 Å². The van der Waals surface area contributed by atoms with Crippen LogP contribution in [0.2, 0.25) is 0 Å². The number of carbonyl (C=O) groups is 11. The van der Waals surface area contributed by atoms with Crippen LogP contribution >= 0.6 is 0 Å². The third kappa shape index (κ3) is 19.5. The normalized spacial score (nSPS) is 13.9. The Kier molecular flexibility index (Phi) is 21.7. The monoisotopic (exact) mass is 949 g/mol. The molecule has 2 aromatic carbocycles. The van der Waals surface area contributed by atoms with Crippen LogP contribution in [0.3, 0.4) is 0 Å². The molecule has 1 aromatic heterocycles. The number of hydrogen-bond acceptors (Lipinski definition) is 13. The third-order valence-corrected chi connectivity index (χ3v) is 9.94. The summed E-state index contributed by atoms with van der Waals surface area (Å²) in [5.74, 6) is -11.9. The minimum atomic E-state index is -1.68. The van der Waals surface area contributed by atoms with E-state index < -0.39 is 146 Å². The van der Waals surface area contributed by atoms with Gasteiger partial charge in [0.25, 0.3) is 0 Å². The number of nitrogens with zero attached hydrogens (tertiary/aromatic N) is 1. The van der Waals surface area contributed by atoms with Gasteiger partial charge in [-0.25, -0.2) is 9.78 Å². The quantitative estimate of drug-likeness (QED) is 0.0321. The summed E-state index contributed by atoms with van der Waals surface area (Å²) in [5, 5.41) is 44.7. The number of benzene rings is 2. The zero-order valence-corrected chi connectivity index (χ0v) is 36.8. The summed E-state index contributed by atoms with van der Waals surface area (Å²) in [5.41, 5.74) is 12.7. The number of imidazole rings is 1. The van der Waals surface area contributed by atoms with Crippen molar-refractivity contribution in [2.75, 3.05) is 6.54 Å². The van der Waals surface area contributed by atoms with Crippen molar-refractivity contribution in [2.45, 2.75) is 101 Å². The molecule has 8 amide bonds. The molecule has 15 N–H and O–H groups in total. The van der Waals surface area contributed by atoms with E-state index in [9.17, 15) is 68.1 Å². The van der Waals surface area contributed by atoms with Gasteiger partial charge in [0.2, 0.25) is 47.3 Å². The van der Waals surface area contributed by atoms with Gasteiger partial charge in [-0.1, -0.05) is 60.7 Å². The second-order valence-corrected chi connectivity index (χ2v) is 15.5. The Labute approximate surface area is 388 Å². The van der Waals surface area contributed by atoms with E-state index >= 15 is 0 Å². The molecule has 0 unspecified atom stereocenters. The third-order valence-electron chi connectivity index (χ3n) is 9.94. The minimum absolute atomic E-state index is 0.0699. The number of aromatic nitrogens is 2. The molecule has 0 aliphatic heterocycles. The molecule has 7 atom stereocenters. The van der Waals surface area contributed by atoms with Gasteiger partial charge in [-0.2, -0.15) is 0 Å². The van der Waals surface area contributed by atoms with Crippen molar-refractivity contribution in [3.63, 3.8) is 0 Å². The molecule has 1 heterocycles. The second kappa shape index (κ2) is 27.3. The van der Waals surface area contributed by atoms with Crippen LogP contribution in [-0.2, 0) is 72.0 Å². The topological polar surface area (TPSA) is 413 Å². The highest BCUT2D eigenvalue weighted by molar-refractivity contribution is 5.97. The average molecular weight is 950 g/mol. The summed E-state index contributed by atoms with van der Waals surface area (Å²) in [6.07, 6.45) is -0.485. The molecule has 0 radical (unpaired) electrons. The number of carboxylic acid groups (broad SMARTS) is 3. The largest absolute Gasteiger partial charge is 0.481 e. The first-order valence-corrected chi connectivity index (χ1v) is 21.1. The molecule has 3 rings (SSSR count). The first-order valence-electron chi connectivity index (χ1n) is 21.1. The van der Waals surface area contributed by atoms with Gasteiger partial charge in [0.1, 0.15) is 36.3 Å². The van der Waals surface area contributed by atoms with E-state index in [1.54, 1.807) is 60.7 Å². The average Bonchev–Trinajstić information content (AvgIpc) is 3.80. The smallest absolute Gasteiger partial charge is 0.326 e. The Bertz CT molecular complexity index is 2250. The van der Waals surface area contributed by atoms with Gasteiger partial charge >= 0.3 is 17.9 Å². The number of amides is 8. The zero-order valence-electron chi connectivity index (χ0n) is 36.8. The van der Waals surface area contributed by atoms with Crippen LogP contribution < -0.4 is 48.7 Å². The predicted octanol–water partition coefficient (Wildman–Crippen LogP) is -3.50. The number of nitrogens with two attached hydrogens (primary N) is 2. The number of hydrogen-bond donors (Lipinski definition) is 13. The van der Waals surface area contributed by atoms with Crippen molar-refractivity contribution in [2.24, 2.45) is 11.5 Å². The van der Waals surface area contributed by atoms with Gasteiger partial charge in [-0.15, -0.1) is 0 Å². The van der Waals surface area contributed by atoms with E-state index in [1.807, 2.05) is 0 Å². The molecule has 0 bridgehead atoms. The van der Waals surface area contributed by atoms with Gasteiger partial charge in [-0.3, -0.25) is 47.9 Å². The van der Waals surface area contributed by atoms with Gasteiger partial charge < -0.3 is 69.0 Å². The summed E-state index contributed by atoms with van der Waals surface area (Å²) in [7, 11) is 0. The number of H-pyrrole nitrogens is 1. The van der Waals surface area contributed by atoms with Gasteiger partial charge in [0, 0.05) is 37.6 Å². The highest BCUT2D eigenvalue weighted by Crippen LogP contribution is 2.08. The summed E-state index contributed by atoms with van der Waals surface area (Å²) in [6, 6.07) is 6.61. The first-order chi connectivity index (χ1) is 32.2. The van der Waals surface area contributed by atoms with Crippen LogP contribution in [0.4, 0.5) is 0 Å². The fourth-order valence-electron chi connectivity index (χ4n) is 6.35. The first kappa shape index (κ1) is 54.1. The van der Waals surface area contributed by atoms with Crippen molar-refractivity contribution >= 4 is 65.2 Å². The maximum atomic E-state index is 13.7. The summed E-state index contributed by atoms with van der Waals surface area (Å²) >= 11 is 0. The number of aromatic amines is 1. The lowest BCUT2D eigenvalue weighted by Crippen LogP contribution is -2.58. The molecule has 0 aliphatic carbocycles. The molecule has 0 saturated carbocycles. The van der Waals surface area contributed by atoms with Gasteiger partial charge in [0.05, 0.1) is 25.3 Å². The Hall–Kier alpha value is -8.22. The van der Waals surface area contributed by atoms with E-state index in [0.29, 0.717) is 16.8 Å². The number of nitrogens with one attached hydrogen (secondary N) is 8. The van der Waals surface area contributed by atoms with Crippen LogP contribution in [0.5, 0.6) is 0 Å². The summed E-state index contributed by atoms with van der Waals surface area (Å²) in [6.45, 7) is 0.442. The molecule has 25 heteroatoms. The van der Waals surface area contributed by atoms with Gasteiger partial charge in [0.15, 0.2) is 0 Å². The van der Waals surface area contributed by atoms with Crippen molar-refractivity contribution in [1.82, 2.24) is 47.2 Å². The van der Waals surface area contributed by atoms with Gasteiger partial charge in [-0.05, 0) is 37.3 Å². The molecule has 366 valence electrons. The van der Waals surface area contributed by atoms with E-state index in [2.05, 4.69) is 47.2 Å². The van der Waals surface area contributed by atoms with Crippen LogP contribution in [0.25, 0.3) is 0 Å². The number of primary amides is 1. The zero-order chi connectivity index (χ0) is 50.3. The molecule has 25 nitrogen and oxygen atoms in total. The highest BCUT2D eigenvalue weighted by Gasteiger charge is 2.33. The number of rotatable bonds is 29. The number of carbonyl (C=O) groups excluding carboxylic acids is 8. The summed E-state index contributed by atoms with van der Waals surface area (Å²) < 4.78 is 0. The molecule has 0 aliphatic rings. The lowest BCUT2D eigenvalue weighted by atomic mass is 10.0. The lowest BCUT2D eigenvalue weighted by Gasteiger charge is -2.25. The van der Waals surface area contributed by atoms with Crippen molar-refractivity contribution in [1.29, 1.82) is 0 Å². The van der Waals surface area contributed by atoms with Crippen LogP contribution in [0, 0.1) is 0 Å². The molecule has 68 heavy (non-hydrogen) atoms. The molecule has 0 saturated heterocycles. The fourth-order valence-corrected chi connectivity index (χ4v) is 6.35. The highest BCUT2D eigenvalue weighted by atomic mass is 16.4. The van der Waals surface area contributed by atoms with E-state index in [-0.39, 0.29) is 19.3 Å². The fraction of sp³-hybridized carbons (Fsp3) is 0.395. The lowest BCUT2D eigenvalue weighted by molar-refractivity contribution is -0.143. The van der Waals surface area contributed by atoms with Crippen molar-refractivity contribution in [3.05, 3.63) is 90.0 Å². The molecule has 0 spiro atoms. The maximum Gasteiger partial charge on any atom is 0.326 e. The van der Waals surface area contributed by atoms with Crippen LogP contribution in [-0.4, -0.2) is 139 Å². The standard InChI is InChI=1S/C43H55N11O14/c1-23(37(61)51-28(13-15-35(57)58)40(64)52-29(43(67)68)12-14-33(45)55)49-41(65)30(17-25-10-6-3-7-11-25)50-34(56)21-47-39(63)31(18-26-20-46-22-48-26)54-42(66)32(19-36(59)60)53-38(62)27(44)16-24-8-4-2-5-9-24/h2-11,20,22-23,27-32H,12-19,21,44H2,1H3,(H2,45,55)(H,46,48)(H,47,63)(H,49,65)(H,50,56)(H,51,61)(H,52,64)(H,53,62)(H,54,66)(H,57,58)(H,59,60)(H,67,68)/t23-,27-,28-,29-,30-,31-,32-/m0/s1. The Morgan fingerprint density at radius 2 is 1.12 bits per heavy atom. The van der Waals surface area contributed by atoms with Crippen molar-refractivity contribution in [3.8, 4) is 0 Å². The molecular formula is C43H55N11O14. The van der Waals surface area contributed by atoms with Crippen LogP contribution in [0.15, 0.2) is 73.2 Å². The molecule has 3 aromatic rings. The maximum absolute atomic E-state index is 13.7. The van der Waals surface area contributed by atoms with Crippen molar-refractivity contribution < 1.29 is 68.1 Å². The molecule has 0 fully saturated rings. The Morgan fingerprint density at radius 1 is 0.588 bits per heavy atom. The van der Waals surface area contributed by atoms with E-state index in [1.165, 1.54) is 19.4 Å². The minimum Gasteiger partial charge on any atom is -0.481 e. The Morgan fingerprint density at radius 3 is 1.68 bits per heavy atom. The Balaban J connectivity index is 1.72. The SMILES string of the molecule is C[C@H](NC(=O)[C@H](Cc1ccccc1)NC(=O)CNC(=O)[C@H](Cc1cnc[nH]1)NC(=O)[C@H](CC(=O)O)NC(=O)[C@@H](N)Cc1ccccc1)C(=O)N[C@@H](CCC(=O)O)C(=O)N[C@@H](CCC(N)=O)C(=O)O. The number of aliphatic carboxylic acids is 3.